The molecule has 32 heavy (non-hydrogen) atoms. The summed E-state index contributed by atoms with van der Waals surface area (Å²) in [5, 5.41) is 0. The number of hydrogen-bond donors (Lipinski definition) is 0. The number of amides is 1. The maximum Gasteiger partial charge on any atom is 0.223 e. The third kappa shape index (κ3) is 5.62. The van der Waals surface area contributed by atoms with Crippen LogP contribution in [0.25, 0.3) is 11.3 Å². The number of oxazole rings is 1. The fourth-order valence-corrected chi connectivity index (χ4v) is 4.05. The summed E-state index contributed by atoms with van der Waals surface area (Å²) in [5.74, 6) is 1.26. The number of aromatic nitrogens is 1. The van der Waals surface area contributed by atoms with Crippen molar-refractivity contribution in [1.82, 2.24) is 14.8 Å². The van der Waals surface area contributed by atoms with Gasteiger partial charge in [0, 0.05) is 51.1 Å². The van der Waals surface area contributed by atoms with Crippen molar-refractivity contribution in [2.75, 3.05) is 26.2 Å². The maximum atomic E-state index is 13.1. The molecular formula is C26H30FN3O2. The minimum Gasteiger partial charge on any atom is -0.441 e. The van der Waals surface area contributed by atoms with E-state index in [1.165, 1.54) is 23.3 Å². The van der Waals surface area contributed by atoms with Crippen LogP contribution in [0.2, 0.25) is 0 Å². The molecule has 1 aromatic heterocycles. The average Bonchev–Trinajstić information content (AvgIpc) is 3.14. The molecule has 4 rings (SSSR count). The highest BCUT2D eigenvalue weighted by molar-refractivity contribution is 5.76. The summed E-state index contributed by atoms with van der Waals surface area (Å²) in [6.45, 7) is 8.16. The molecule has 1 fully saturated rings. The van der Waals surface area contributed by atoms with Crippen molar-refractivity contribution < 1.29 is 13.6 Å². The van der Waals surface area contributed by atoms with Crippen LogP contribution in [0.5, 0.6) is 0 Å². The second-order valence-corrected chi connectivity index (χ2v) is 8.55. The average molecular weight is 436 g/mol. The molecule has 1 amide bonds. The summed E-state index contributed by atoms with van der Waals surface area (Å²) in [6, 6.07) is 12.9. The Bertz CT molecular complexity index is 1060. The number of carbonyl (C=O) groups is 1. The fourth-order valence-electron chi connectivity index (χ4n) is 4.05. The number of halogens is 1. The van der Waals surface area contributed by atoms with E-state index in [0.717, 1.165) is 49.5 Å². The highest BCUT2D eigenvalue weighted by Crippen LogP contribution is 2.23. The van der Waals surface area contributed by atoms with E-state index in [-0.39, 0.29) is 11.7 Å². The van der Waals surface area contributed by atoms with E-state index < -0.39 is 0 Å². The summed E-state index contributed by atoms with van der Waals surface area (Å²) in [5.41, 5.74) is 4.56. The van der Waals surface area contributed by atoms with Gasteiger partial charge in [-0.25, -0.2) is 9.37 Å². The van der Waals surface area contributed by atoms with Gasteiger partial charge in [-0.1, -0.05) is 24.3 Å². The highest BCUT2D eigenvalue weighted by Gasteiger charge is 2.20. The lowest BCUT2D eigenvalue weighted by molar-refractivity contribution is -0.131. The van der Waals surface area contributed by atoms with Crippen LogP contribution in [0.4, 0.5) is 4.39 Å². The van der Waals surface area contributed by atoms with E-state index in [2.05, 4.69) is 35.9 Å². The third-order valence-electron chi connectivity index (χ3n) is 6.16. The molecule has 5 nitrogen and oxygen atoms in total. The van der Waals surface area contributed by atoms with Gasteiger partial charge >= 0.3 is 0 Å². The zero-order chi connectivity index (χ0) is 22.5. The van der Waals surface area contributed by atoms with E-state index in [9.17, 15) is 9.18 Å². The maximum absolute atomic E-state index is 13.1. The fraction of sp³-hybridized carbons (Fsp3) is 0.385. The predicted octanol–water partition coefficient (Wildman–Crippen LogP) is 4.76. The largest absolute Gasteiger partial charge is 0.441 e. The number of hydrogen-bond acceptors (Lipinski definition) is 4. The Balaban J connectivity index is 1.27. The summed E-state index contributed by atoms with van der Waals surface area (Å²) >= 11 is 0. The molecule has 3 aromatic rings. The van der Waals surface area contributed by atoms with Crippen LogP contribution in [0.3, 0.4) is 0 Å². The van der Waals surface area contributed by atoms with Gasteiger partial charge in [-0.15, -0.1) is 0 Å². The molecule has 2 aromatic carbocycles. The second kappa shape index (κ2) is 10.1. The molecule has 2 heterocycles. The lowest BCUT2D eigenvalue weighted by Gasteiger charge is -2.22. The molecule has 1 saturated heterocycles. The first kappa shape index (κ1) is 22.2. The van der Waals surface area contributed by atoms with Crippen LogP contribution >= 0.6 is 0 Å². The first-order valence-electron chi connectivity index (χ1n) is 11.2. The molecule has 0 bridgehead atoms. The van der Waals surface area contributed by atoms with Gasteiger partial charge in [0.2, 0.25) is 5.91 Å². The number of carbonyl (C=O) groups excluding carboxylic acids is 1. The van der Waals surface area contributed by atoms with Crippen LogP contribution in [0.15, 0.2) is 53.1 Å². The van der Waals surface area contributed by atoms with Gasteiger partial charge in [-0.05, 0) is 55.2 Å². The van der Waals surface area contributed by atoms with E-state index in [4.69, 9.17) is 4.42 Å². The van der Waals surface area contributed by atoms with Gasteiger partial charge in [0.05, 0.1) is 6.20 Å². The molecule has 0 aliphatic carbocycles. The Hall–Kier alpha value is -2.99. The van der Waals surface area contributed by atoms with Crippen molar-refractivity contribution in [3.05, 3.63) is 77.1 Å². The number of rotatable bonds is 6. The molecule has 0 unspecified atom stereocenters. The van der Waals surface area contributed by atoms with Gasteiger partial charge in [0.15, 0.2) is 11.7 Å². The first-order chi connectivity index (χ1) is 15.5. The smallest absolute Gasteiger partial charge is 0.223 e. The van der Waals surface area contributed by atoms with Crippen molar-refractivity contribution in [3.63, 3.8) is 0 Å². The van der Waals surface area contributed by atoms with Gasteiger partial charge < -0.3 is 9.32 Å². The lowest BCUT2D eigenvalue weighted by Crippen LogP contribution is -2.35. The Morgan fingerprint density at radius 1 is 1.03 bits per heavy atom. The monoisotopic (exact) mass is 435 g/mol. The van der Waals surface area contributed by atoms with Gasteiger partial charge in [-0.3, -0.25) is 9.69 Å². The summed E-state index contributed by atoms with van der Waals surface area (Å²) in [6.07, 6.45) is 3.57. The summed E-state index contributed by atoms with van der Waals surface area (Å²) in [7, 11) is 0. The molecule has 0 N–H and O–H groups in total. The Morgan fingerprint density at radius 3 is 2.62 bits per heavy atom. The molecule has 0 spiro atoms. The van der Waals surface area contributed by atoms with Crippen LogP contribution < -0.4 is 0 Å². The van der Waals surface area contributed by atoms with Crippen molar-refractivity contribution in [1.29, 1.82) is 0 Å². The van der Waals surface area contributed by atoms with Crippen LogP contribution in [0.1, 0.15) is 35.4 Å². The van der Waals surface area contributed by atoms with E-state index in [0.29, 0.717) is 25.3 Å². The van der Waals surface area contributed by atoms with Gasteiger partial charge in [0.1, 0.15) is 5.82 Å². The van der Waals surface area contributed by atoms with Crippen LogP contribution in [-0.4, -0.2) is 46.9 Å². The lowest BCUT2D eigenvalue weighted by atomic mass is 10.1. The normalized spacial score (nSPS) is 15.0. The molecule has 0 atom stereocenters. The van der Waals surface area contributed by atoms with E-state index >= 15 is 0 Å². The Kier molecular flexibility index (Phi) is 7.00. The molecule has 0 saturated carbocycles. The standard InChI is InChI=1S/C26H30FN3O2/c1-19-4-7-22(16-20(19)2)24-17-28-25(32-24)10-11-26(31)30-13-3-12-29(14-15-30)18-21-5-8-23(27)9-6-21/h4-9,16-17H,3,10-15,18H2,1-2H3. The third-order valence-corrected chi connectivity index (χ3v) is 6.16. The zero-order valence-electron chi connectivity index (χ0n) is 18.8. The number of benzene rings is 2. The predicted molar refractivity (Wildman–Crippen MR) is 123 cm³/mol. The van der Waals surface area contributed by atoms with Crippen LogP contribution in [0, 0.1) is 19.7 Å². The molecular weight excluding hydrogens is 405 g/mol. The van der Waals surface area contributed by atoms with Crippen molar-refractivity contribution >= 4 is 5.91 Å². The Labute approximate surface area is 188 Å². The summed E-state index contributed by atoms with van der Waals surface area (Å²) < 4.78 is 19.0. The quantitative estimate of drug-likeness (QED) is 0.560. The first-order valence-corrected chi connectivity index (χ1v) is 11.2. The Morgan fingerprint density at radius 2 is 1.84 bits per heavy atom. The van der Waals surface area contributed by atoms with Gasteiger partial charge in [0.25, 0.3) is 0 Å². The molecule has 168 valence electrons. The van der Waals surface area contributed by atoms with E-state index in [1.807, 2.05) is 23.1 Å². The minimum absolute atomic E-state index is 0.138. The van der Waals surface area contributed by atoms with Crippen molar-refractivity contribution in [2.24, 2.45) is 0 Å². The molecule has 1 aliphatic heterocycles. The highest BCUT2D eigenvalue weighted by atomic mass is 19.1. The SMILES string of the molecule is Cc1ccc(-c2cnc(CCC(=O)N3CCCN(Cc4ccc(F)cc4)CC3)o2)cc1C. The van der Waals surface area contributed by atoms with Crippen molar-refractivity contribution in [3.8, 4) is 11.3 Å². The molecule has 1 aliphatic rings. The summed E-state index contributed by atoms with van der Waals surface area (Å²) in [4.78, 5) is 21.4. The second-order valence-electron chi connectivity index (χ2n) is 8.55. The number of nitrogens with zero attached hydrogens (tertiary/aromatic N) is 3. The molecule has 6 heteroatoms. The van der Waals surface area contributed by atoms with E-state index in [1.54, 1.807) is 6.20 Å². The number of aryl methyl sites for hydroxylation is 3. The van der Waals surface area contributed by atoms with Crippen molar-refractivity contribution in [2.45, 2.75) is 39.7 Å². The molecule has 0 radical (unpaired) electrons. The topological polar surface area (TPSA) is 49.6 Å². The minimum atomic E-state index is -0.214. The zero-order valence-corrected chi connectivity index (χ0v) is 18.8. The van der Waals surface area contributed by atoms with Gasteiger partial charge in [-0.2, -0.15) is 0 Å². The van der Waals surface area contributed by atoms with Crippen LogP contribution in [-0.2, 0) is 17.8 Å².